The number of methoxy groups -OCH3 is 1. The van der Waals surface area contributed by atoms with Gasteiger partial charge in [0.1, 0.15) is 11.7 Å². The summed E-state index contributed by atoms with van der Waals surface area (Å²) < 4.78 is 5.19. The van der Waals surface area contributed by atoms with Crippen LogP contribution in [0.4, 0.5) is 0 Å². The minimum Gasteiger partial charge on any atom is -0.496 e. The summed E-state index contributed by atoms with van der Waals surface area (Å²) in [4.78, 5) is 22.6. The highest BCUT2D eigenvalue weighted by atomic mass is 16.5. The van der Waals surface area contributed by atoms with Gasteiger partial charge in [0.2, 0.25) is 5.91 Å². The zero-order valence-corrected chi connectivity index (χ0v) is 9.34. The van der Waals surface area contributed by atoms with Gasteiger partial charge >= 0.3 is 5.97 Å². The van der Waals surface area contributed by atoms with Crippen LogP contribution in [-0.4, -0.2) is 30.6 Å². The van der Waals surface area contributed by atoms with Gasteiger partial charge in [0.05, 0.1) is 7.11 Å². The number of aliphatic carboxylic acids is 1. The van der Waals surface area contributed by atoms with E-state index < -0.39 is 17.8 Å². The van der Waals surface area contributed by atoms with Crippen LogP contribution in [0.15, 0.2) is 24.3 Å². The summed E-state index contributed by atoms with van der Waals surface area (Å²) in [5.74, 6) is -2.34. The van der Waals surface area contributed by atoms with Crippen molar-refractivity contribution < 1.29 is 19.4 Å². The minimum atomic E-state index is -1.10. The lowest BCUT2D eigenvalue weighted by molar-refractivity contribution is -0.145. The average Bonchev–Trinajstić information content (AvgIpc) is 2.71. The molecule has 0 aromatic heterocycles. The first-order valence-corrected chi connectivity index (χ1v) is 5.28. The van der Waals surface area contributed by atoms with E-state index in [-0.39, 0.29) is 5.92 Å². The molecule has 1 saturated heterocycles. The van der Waals surface area contributed by atoms with E-state index in [1.54, 1.807) is 18.2 Å². The summed E-state index contributed by atoms with van der Waals surface area (Å²) in [5, 5.41) is 11.7. The van der Waals surface area contributed by atoms with E-state index in [0.717, 1.165) is 5.56 Å². The van der Waals surface area contributed by atoms with E-state index in [1.165, 1.54) is 7.11 Å². The number of nitrogens with one attached hydrogen (secondary N) is 1. The largest absolute Gasteiger partial charge is 0.496 e. The highest BCUT2D eigenvalue weighted by Gasteiger charge is 2.42. The molecule has 2 atom stereocenters. The summed E-state index contributed by atoms with van der Waals surface area (Å²) in [6, 6.07) is 7.17. The second kappa shape index (κ2) is 4.45. The summed E-state index contributed by atoms with van der Waals surface area (Å²) in [5.41, 5.74) is 0.751. The Morgan fingerprint density at radius 2 is 2.18 bits per heavy atom. The Kier molecular flexibility index (Phi) is 2.99. The number of para-hydroxylation sites is 1. The number of carbonyl (C=O) groups is 2. The van der Waals surface area contributed by atoms with E-state index in [1.807, 2.05) is 6.07 Å². The maximum atomic E-state index is 11.5. The van der Waals surface area contributed by atoms with Gasteiger partial charge in [0, 0.05) is 18.0 Å². The maximum Gasteiger partial charge on any atom is 0.316 e. The molecule has 1 aliphatic heterocycles. The molecule has 90 valence electrons. The highest BCUT2D eigenvalue weighted by Crippen LogP contribution is 2.34. The fourth-order valence-electron chi connectivity index (χ4n) is 2.17. The van der Waals surface area contributed by atoms with Crippen molar-refractivity contribution in [1.82, 2.24) is 5.32 Å². The van der Waals surface area contributed by atoms with E-state index in [4.69, 9.17) is 9.84 Å². The molecule has 2 N–H and O–H groups in total. The van der Waals surface area contributed by atoms with Gasteiger partial charge in [-0.1, -0.05) is 18.2 Å². The average molecular weight is 235 g/mol. The molecular formula is C12H13NO4. The number of ether oxygens (including phenoxy) is 1. The third-order valence-electron chi connectivity index (χ3n) is 2.99. The quantitative estimate of drug-likeness (QED) is 0.753. The standard InChI is InChI=1S/C12H13NO4/c1-17-9-5-3-2-4-7(9)8-6-13-11(14)10(8)12(15)16/h2-5,8,10H,6H2,1H3,(H,13,14)(H,15,16)/t8-,10+/m1/s1. The van der Waals surface area contributed by atoms with Crippen molar-refractivity contribution in [2.45, 2.75) is 5.92 Å². The molecule has 1 fully saturated rings. The number of rotatable bonds is 3. The lowest BCUT2D eigenvalue weighted by atomic mass is 9.88. The van der Waals surface area contributed by atoms with Crippen LogP contribution in [0.1, 0.15) is 11.5 Å². The van der Waals surface area contributed by atoms with E-state index in [0.29, 0.717) is 12.3 Å². The lowest BCUT2D eigenvalue weighted by Gasteiger charge is -2.16. The van der Waals surface area contributed by atoms with Crippen molar-refractivity contribution in [2.75, 3.05) is 13.7 Å². The van der Waals surface area contributed by atoms with Gasteiger partial charge in [-0.15, -0.1) is 0 Å². The first kappa shape index (κ1) is 11.4. The summed E-state index contributed by atoms with van der Waals surface area (Å²) in [6.45, 7) is 0.330. The lowest BCUT2D eigenvalue weighted by Crippen LogP contribution is -2.26. The van der Waals surface area contributed by atoms with Gasteiger partial charge in [-0.05, 0) is 6.07 Å². The normalized spacial score (nSPS) is 23.2. The smallest absolute Gasteiger partial charge is 0.316 e. The van der Waals surface area contributed by atoms with Crippen molar-refractivity contribution in [1.29, 1.82) is 0 Å². The molecule has 0 bridgehead atoms. The molecule has 0 aliphatic carbocycles. The first-order chi connectivity index (χ1) is 8.15. The van der Waals surface area contributed by atoms with Crippen LogP contribution >= 0.6 is 0 Å². The molecule has 1 aliphatic rings. The van der Waals surface area contributed by atoms with E-state index in [9.17, 15) is 9.59 Å². The van der Waals surface area contributed by atoms with Crippen molar-refractivity contribution in [2.24, 2.45) is 5.92 Å². The molecule has 0 spiro atoms. The van der Waals surface area contributed by atoms with Crippen LogP contribution in [0.2, 0.25) is 0 Å². The maximum absolute atomic E-state index is 11.5. The third-order valence-corrected chi connectivity index (χ3v) is 2.99. The molecule has 2 rings (SSSR count). The molecule has 1 aromatic carbocycles. The van der Waals surface area contributed by atoms with Gasteiger partial charge < -0.3 is 15.2 Å². The van der Waals surface area contributed by atoms with Crippen LogP contribution in [0.25, 0.3) is 0 Å². The van der Waals surface area contributed by atoms with Gasteiger partial charge in [0.25, 0.3) is 0 Å². The Labute approximate surface area is 98.4 Å². The Morgan fingerprint density at radius 1 is 1.47 bits per heavy atom. The second-order valence-electron chi connectivity index (χ2n) is 3.91. The fourth-order valence-corrected chi connectivity index (χ4v) is 2.17. The molecule has 0 saturated carbocycles. The van der Waals surface area contributed by atoms with Crippen molar-refractivity contribution >= 4 is 11.9 Å². The number of hydrogen-bond donors (Lipinski definition) is 2. The Morgan fingerprint density at radius 3 is 2.82 bits per heavy atom. The molecule has 5 heteroatoms. The number of hydrogen-bond acceptors (Lipinski definition) is 3. The molecular weight excluding hydrogens is 222 g/mol. The zero-order valence-electron chi connectivity index (χ0n) is 9.34. The molecule has 1 amide bonds. The van der Waals surface area contributed by atoms with Crippen LogP contribution in [0.3, 0.4) is 0 Å². The Bertz CT molecular complexity index is 458. The number of amides is 1. The first-order valence-electron chi connectivity index (χ1n) is 5.28. The predicted molar refractivity (Wildman–Crippen MR) is 59.9 cm³/mol. The van der Waals surface area contributed by atoms with Crippen LogP contribution in [0.5, 0.6) is 5.75 Å². The summed E-state index contributed by atoms with van der Waals surface area (Å²) in [7, 11) is 1.53. The fraction of sp³-hybridized carbons (Fsp3) is 0.333. The molecule has 0 radical (unpaired) electrons. The number of benzene rings is 1. The van der Waals surface area contributed by atoms with Gasteiger partial charge in [-0.25, -0.2) is 0 Å². The molecule has 1 heterocycles. The minimum absolute atomic E-state index is 0.330. The Balaban J connectivity index is 2.39. The summed E-state index contributed by atoms with van der Waals surface area (Å²) in [6.07, 6.45) is 0. The predicted octanol–water partition coefficient (Wildman–Crippen LogP) is 0.609. The molecule has 17 heavy (non-hydrogen) atoms. The molecule has 1 aromatic rings. The van der Waals surface area contributed by atoms with Crippen LogP contribution in [-0.2, 0) is 9.59 Å². The van der Waals surface area contributed by atoms with Gasteiger partial charge in [-0.3, -0.25) is 9.59 Å². The number of carbonyl (C=O) groups excluding carboxylic acids is 1. The van der Waals surface area contributed by atoms with Crippen LogP contribution in [0, 0.1) is 5.92 Å². The van der Waals surface area contributed by atoms with Crippen LogP contribution < -0.4 is 10.1 Å². The second-order valence-corrected chi connectivity index (χ2v) is 3.91. The van der Waals surface area contributed by atoms with Gasteiger partial charge in [0.15, 0.2) is 0 Å². The van der Waals surface area contributed by atoms with Crippen molar-refractivity contribution in [3.63, 3.8) is 0 Å². The highest BCUT2D eigenvalue weighted by molar-refractivity contribution is 6.00. The van der Waals surface area contributed by atoms with Crippen molar-refractivity contribution in [3.8, 4) is 5.75 Å². The zero-order chi connectivity index (χ0) is 12.4. The van der Waals surface area contributed by atoms with E-state index in [2.05, 4.69) is 5.32 Å². The van der Waals surface area contributed by atoms with Crippen molar-refractivity contribution in [3.05, 3.63) is 29.8 Å². The number of carboxylic acid groups (broad SMARTS) is 1. The topological polar surface area (TPSA) is 75.6 Å². The number of carboxylic acids is 1. The summed E-state index contributed by atoms with van der Waals surface area (Å²) >= 11 is 0. The molecule has 5 nitrogen and oxygen atoms in total. The van der Waals surface area contributed by atoms with Gasteiger partial charge in [-0.2, -0.15) is 0 Å². The molecule has 0 unspecified atom stereocenters. The van der Waals surface area contributed by atoms with E-state index >= 15 is 0 Å². The Hall–Kier alpha value is -2.04. The monoisotopic (exact) mass is 235 g/mol. The third kappa shape index (κ3) is 1.95. The SMILES string of the molecule is COc1ccccc1[C@H]1CNC(=O)[C@H]1C(=O)O.